The van der Waals surface area contributed by atoms with Crippen LogP contribution in [0.15, 0.2) is 4.99 Å². The first kappa shape index (κ1) is 21.8. The molecule has 3 saturated heterocycles. The van der Waals surface area contributed by atoms with Gasteiger partial charge in [-0.15, -0.1) is 0 Å². The maximum Gasteiger partial charge on any atom is 0.193 e. The summed E-state index contributed by atoms with van der Waals surface area (Å²) in [6.45, 7) is 9.81. The van der Waals surface area contributed by atoms with Gasteiger partial charge in [0.25, 0.3) is 0 Å². The normalized spacial score (nSPS) is 25.8. The van der Waals surface area contributed by atoms with E-state index in [1.54, 1.807) is 0 Å². The van der Waals surface area contributed by atoms with E-state index in [0.717, 1.165) is 84.4 Å². The summed E-state index contributed by atoms with van der Waals surface area (Å²) in [6.07, 6.45) is 8.87. The molecule has 0 aromatic carbocycles. The molecule has 28 heavy (non-hydrogen) atoms. The molecule has 0 amide bonds. The lowest BCUT2D eigenvalue weighted by molar-refractivity contribution is -0.0721. The predicted octanol–water partition coefficient (Wildman–Crippen LogP) is 1.72. The van der Waals surface area contributed by atoms with Crippen molar-refractivity contribution in [3.63, 3.8) is 0 Å². The van der Waals surface area contributed by atoms with Gasteiger partial charge in [0.1, 0.15) is 0 Å². The molecule has 0 radical (unpaired) electrons. The Morgan fingerprint density at radius 1 is 1.04 bits per heavy atom. The smallest absolute Gasteiger partial charge is 0.193 e. The molecule has 3 rings (SSSR count). The lowest BCUT2D eigenvalue weighted by Crippen LogP contribution is -2.47. The van der Waals surface area contributed by atoms with Crippen LogP contribution < -0.4 is 5.32 Å². The fourth-order valence-electron chi connectivity index (χ4n) is 4.23. The van der Waals surface area contributed by atoms with Crippen LogP contribution in [0.25, 0.3) is 0 Å². The number of likely N-dealkylation sites (tertiary alicyclic amines) is 1. The second-order valence-corrected chi connectivity index (χ2v) is 8.14. The topological polar surface area (TPSA) is 58.6 Å². The van der Waals surface area contributed by atoms with Crippen LogP contribution in [0, 0.1) is 0 Å². The first-order valence-corrected chi connectivity index (χ1v) is 11.3. The van der Waals surface area contributed by atoms with E-state index in [4.69, 9.17) is 14.2 Å². The molecule has 162 valence electrons. The van der Waals surface area contributed by atoms with Crippen LogP contribution in [0.4, 0.5) is 0 Å². The lowest BCUT2D eigenvalue weighted by atomic mass is 10.1. The fraction of sp³-hybridized carbons (Fsp3) is 0.952. The zero-order valence-electron chi connectivity index (χ0n) is 17.7. The standard InChI is InChI=1S/C21H40N4O3/c1-22-21(23-9-3-4-10-24-13-16-26-17-14-24)25-11-7-19(8-12-25)28-18-20-6-2-5-15-27-20/h19-20H,2-18H2,1H3,(H,22,23). The number of rotatable bonds is 8. The number of nitrogens with zero attached hydrogens (tertiary/aromatic N) is 3. The quantitative estimate of drug-likeness (QED) is 0.383. The minimum atomic E-state index is 0.318. The van der Waals surface area contributed by atoms with Crippen LogP contribution in [0.5, 0.6) is 0 Å². The van der Waals surface area contributed by atoms with Crippen molar-refractivity contribution >= 4 is 5.96 Å². The Bertz CT molecular complexity index is 443. The zero-order valence-corrected chi connectivity index (χ0v) is 17.7. The maximum atomic E-state index is 6.13. The van der Waals surface area contributed by atoms with Crippen LogP contribution in [0.1, 0.15) is 44.9 Å². The van der Waals surface area contributed by atoms with Crippen LogP contribution >= 0.6 is 0 Å². The molecule has 0 aromatic rings. The summed E-state index contributed by atoms with van der Waals surface area (Å²) < 4.78 is 17.3. The molecule has 0 aliphatic carbocycles. The van der Waals surface area contributed by atoms with Crippen molar-refractivity contribution in [1.29, 1.82) is 0 Å². The van der Waals surface area contributed by atoms with Gasteiger partial charge in [-0.3, -0.25) is 9.89 Å². The van der Waals surface area contributed by atoms with Gasteiger partial charge in [-0.05, 0) is 51.5 Å². The molecular weight excluding hydrogens is 356 g/mol. The van der Waals surface area contributed by atoms with E-state index < -0.39 is 0 Å². The SMILES string of the molecule is CN=C(NCCCCN1CCOCC1)N1CCC(OCC2CCCCO2)CC1. The van der Waals surface area contributed by atoms with Gasteiger partial charge in [0, 0.05) is 46.4 Å². The number of nitrogens with one attached hydrogen (secondary N) is 1. The van der Waals surface area contributed by atoms with Gasteiger partial charge in [-0.25, -0.2) is 0 Å². The van der Waals surface area contributed by atoms with Crippen molar-refractivity contribution in [3.05, 3.63) is 0 Å². The van der Waals surface area contributed by atoms with E-state index in [-0.39, 0.29) is 0 Å². The summed E-state index contributed by atoms with van der Waals surface area (Å²) in [5.74, 6) is 1.04. The summed E-state index contributed by atoms with van der Waals surface area (Å²) in [4.78, 5) is 9.36. The first-order chi connectivity index (χ1) is 13.8. The average Bonchev–Trinajstić information content (AvgIpc) is 2.77. The highest BCUT2D eigenvalue weighted by atomic mass is 16.5. The van der Waals surface area contributed by atoms with Crippen LogP contribution in [0.3, 0.4) is 0 Å². The van der Waals surface area contributed by atoms with Gasteiger partial charge in [0.05, 0.1) is 32.0 Å². The molecule has 7 heteroatoms. The number of aliphatic imine (C=N–C) groups is 1. The maximum absolute atomic E-state index is 6.13. The van der Waals surface area contributed by atoms with Gasteiger partial charge in [0.2, 0.25) is 0 Å². The third kappa shape index (κ3) is 7.50. The van der Waals surface area contributed by atoms with E-state index in [9.17, 15) is 0 Å². The predicted molar refractivity (Wildman–Crippen MR) is 112 cm³/mol. The van der Waals surface area contributed by atoms with Crippen molar-refractivity contribution < 1.29 is 14.2 Å². The summed E-state index contributed by atoms with van der Waals surface area (Å²) in [6, 6.07) is 0. The molecule has 0 aromatic heterocycles. The molecule has 3 heterocycles. The number of piperidine rings is 1. The minimum Gasteiger partial charge on any atom is -0.379 e. The fourth-order valence-corrected chi connectivity index (χ4v) is 4.23. The van der Waals surface area contributed by atoms with Crippen LogP contribution in [-0.4, -0.2) is 101 Å². The van der Waals surface area contributed by atoms with Crippen molar-refractivity contribution in [1.82, 2.24) is 15.1 Å². The minimum absolute atomic E-state index is 0.318. The van der Waals surface area contributed by atoms with E-state index in [1.807, 2.05) is 7.05 Å². The van der Waals surface area contributed by atoms with Crippen molar-refractivity contribution in [2.75, 3.05) is 72.7 Å². The highest BCUT2D eigenvalue weighted by Gasteiger charge is 2.23. The lowest BCUT2D eigenvalue weighted by Gasteiger charge is -2.35. The largest absolute Gasteiger partial charge is 0.379 e. The number of morpholine rings is 1. The molecule has 1 unspecified atom stereocenters. The number of hydrogen-bond acceptors (Lipinski definition) is 5. The number of unbranched alkanes of at least 4 members (excludes halogenated alkanes) is 1. The second kappa shape index (κ2) is 12.6. The van der Waals surface area contributed by atoms with Crippen molar-refractivity contribution in [3.8, 4) is 0 Å². The number of guanidine groups is 1. The summed E-state index contributed by atoms with van der Waals surface area (Å²) in [5, 5.41) is 3.55. The zero-order chi connectivity index (χ0) is 19.4. The molecular formula is C21H40N4O3. The Kier molecular flexibility index (Phi) is 9.83. The summed E-state index contributed by atoms with van der Waals surface area (Å²) in [5.41, 5.74) is 0. The van der Waals surface area contributed by atoms with E-state index in [1.165, 1.54) is 32.2 Å². The average molecular weight is 397 g/mol. The molecule has 1 N–H and O–H groups in total. The second-order valence-electron chi connectivity index (χ2n) is 8.14. The molecule has 0 bridgehead atoms. The van der Waals surface area contributed by atoms with Gasteiger partial charge in [-0.2, -0.15) is 0 Å². The molecule has 3 aliphatic rings. The first-order valence-electron chi connectivity index (χ1n) is 11.3. The third-order valence-electron chi connectivity index (χ3n) is 6.03. The molecule has 1 atom stereocenters. The molecule has 3 aliphatic heterocycles. The number of hydrogen-bond donors (Lipinski definition) is 1. The van der Waals surface area contributed by atoms with E-state index >= 15 is 0 Å². The molecule has 3 fully saturated rings. The Labute approximate surface area is 170 Å². The van der Waals surface area contributed by atoms with E-state index in [2.05, 4.69) is 20.1 Å². The number of ether oxygens (including phenoxy) is 3. The van der Waals surface area contributed by atoms with Gasteiger partial charge < -0.3 is 24.4 Å². The molecule has 7 nitrogen and oxygen atoms in total. The van der Waals surface area contributed by atoms with Gasteiger partial charge in [-0.1, -0.05) is 0 Å². The Balaban J connectivity index is 1.24. The highest BCUT2D eigenvalue weighted by Crippen LogP contribution is 2.18. The monoisotopic (exact) mass is 396 g/mol. The van der Waals surface area contributed by atoms with Crippen LogP contribution in [-0.2, 0) is 14.2 Å². The Morgan fingerprint density at radius 2 is 1.86 bits per heavy atom. The molecule has 0 saturated carbocycles. The van der Waals surface area contributed by atoms with E-state index in [0.29, 0.717) is 12.2 Å². The van der Waals surface area contributed by atoms with Crippen molar-refractivity contribution in [2.45, 2.75) is 57.2 Å². The van der Waals surface area contributed by atoms with Gasteiger partial charge >= 0.3 is 0 Å². The molecule has 0 spiro atoms. The highest BCUT2D eigenvalue weighted by molar-refractivity contribution is 5.79. The third-order valence-corrected chi connectivity index (χ3v) is 6.03. The Hall–Kier alpha value is -0.890. The van der Waals surface area contributed by atoms with Crippen LogP contribution in [0.2, 0.25) is 0 Å². The van der Waals surface area contributed by atoms with Crippen molar-refractivity contribution in [2.24, 2.45) is 4.99 Å². The Morgan fingerprint density at radius 3 is 2.57 bits per heavy atom. The summed E-state index contributed by atoms with van der Waals surface area (Å²) in [7, 11) is 1.89. The van der Waals surface area contributed by atoms with Gasteiger partial charge in [0.15, 0.2) is 5.96 Å². The summed E-state index contributed by atoms with van der Waals surface area (Å²) >= 11 is 0.